The Morgan fingerprint density at radius 2 is 1.89 bits per heavy atom. The zero-order valence-electron chi connectivity index (χ0n) is 9.77. The summed E-state index contributed by atoms with van der Waals surface area (Å²) >= 11 is 5.87. The third-order valence-electron chi connectivity index (χ3n) is 2.81. The number of nitrogens with one attached hydrogen (secondary N) is 1. The zero-order valence-corrected chi connectivity index (χ0v) is 10.5. The van der Waals surface area contributed by atoms with Crippen molar-refractivity contribution in [1.82, 2.24) is 9.97 Å². The third-order valence-corrected chi connectivity index (χ3v) is 3.06. The fourth-order valence-corrected chi connectivity index (χ4v) is 1.98. The van der Waals surface area contributed by atoms with Crippen molar-refractivity contribution in [3.8, 4) is 17.1 Å². The van der Waals surface area contributed by atoms with E-state index in [0.717, 1.165) is 33.2 Å². The molecule has 0 saturated carbocycles. The van der Waals surface area contributed by atoms with Crippen LogP contribution in [0.25, 0.3) is 22.4 Å². The van der Waals surface area contributed by atoms with Crippen molar-refractivity contribution in [2.24, 2.45) is 0 Å². The fraction of sp³-hybridized carbons (Fsp3) is 0.0714. The van der Waals surface area contributed by atoms with E-state index in [4.69, 9.17) is 16.3 Å². The molecular weight excluding hydrogens is 248 g/mol. The van der Waals surface area contributed by atoms with E-state index >= 15 is 0 Å². The maximum atomic E-state index is 5.87. The highest BCUT2D eigenvalue weighted by Crippen LogP contribution is 2.24. The standard InChI is InChI=1S/C14H11ClN2O/c1-18-11-6-7-12-13(8-11)17-14(16-12)9-2-4-10(15)5-3-9/h2-8H,1H3,(H,16,17). The van der Waals surface area contributed by atoms with Gasteiger partial charge in [-0.05, 0) is 36.4 Å². The normalized spacial score (nSPS) is 10.8. The topological polar surface area (TPSA) is 37.9 Å². The highest BCUT2D eigenvalue weighted by atomic mass is 35.5. The molecule has 90 valence electrons. The lowest BCUT2D eigenvalue weighted by atomic mass is 10.2. The van der Waals surface area contributed by atoms with Gasteiger partial charge < -0.3 is 9.72 Å². The summed E-state index contributed by atoms with van der Waals surface area (Å²) in [6.07, 6.45) is 0. The van der Waals surface area contributed by atoms with Crippen LogP contribution in [0.4, 0.5) is 0 Å². The van der Waals surface area contributed by atoms with Crippen LogP contribution in [-0.2, 0) is 0 Å². The molecule has 3 aromatic rings. The summed E-state index contributed by atoms with van der Waals surface area (Å²) in [4.78, 5) is 7.82. The van der Waals surface area contributed by atoms with Crippen LogP contribution in [0.3, 0.4) is 0 Å². The number of hydrogen-bond acceptors (Lipinski definition) is 2. The van der Waals surface area contributed by atoms with E-state index in [-0.39, 0.29) is 0 Å². The van der Waals surface area contributed by atoms with Gasteiger partial charge >= 0.3 is 0 Å². The van der Waals surface area contributed by atoms with Crippen molar-refractivity contribution in [1.29, 1.82) is 0 Å². The number of aromatic amines is 1. The van der Waals surface area contributed by atoms with Crippen molar-refractivity contribution in [3.63, 3.8) is 0 Å². The van der Waals surface area contributed by atoms with E-state index in [1.165, 1.54) is 0 Å². The van der Waals surface area contributed by atoms with Crippen LogP contribution in [0.1, 0.15) is 0 Å². The Bertz CT molecular complexity index is 689. The number of imidazole rings is 1. The van der Waals surface area contributed by atoms with Gasteiger partial charge in [-0.1, -0.05) is 11.6 Å². The molecule has 1 heterocycles. The largest absolute Gasteiger partial charge is 0.497 e. The van der Waals surface area contributed by atoms with Crippen LogP contribution in [-0.4, -0.2) is 17.1 Å². The van der Waals surface area contributed by atoms with Crippen molar-refractivity contribution in [2.45, 2.75) is 0 Å². The lowest BCUT2D eigenvalue weighted by molar-refractivity contribution is 0.415. The van der Waals surface area contributed by atoms with Crippen LogP contribution in [0.15, 0.2) is 42.5 Å². The third kappa shape index (κ3) is 1.93. The number of benzene rings is 2. The van der Waals surface area contributed by atoms with Crippen molar-refractivity contribution in [2.75, 3.05) is 7.11 Å². The van der Waals surface area contributed by atoms with E-state index in [0.29, 0.717) is 0 Å². The molecule has 3 rings (SSSR count). The number of ether oxygens (including phenoxy) is 1. The van der Waals surface area contributed by atoms with Crippen molar-refractivity contribution >= 4 is 22.6 Å². The molecule has 2 aromatic carbocycles. The van der Waals surface area contributed by atoms with Gasteiger partial charge in [0.15, 0.2) is 0 Å². The Hall–Kier alpha value is -2.00. The molecular formula is C14H11ClN2O. The second-order valence-corrected chi connectivity index (χ2v) is 4.41. The van der Waals surface area contributed by atoms with Crippen LogP contribution in [0, 0.1) is 0 Å². The predicted molar refractivity (Wildman–Crippen MR) is 73.1 cm³/mol. The Labute approximate surface area is 109 Å². The fourth-order valence-electron chi connectivity index (χ4n) is 1.86. The average molecular weight is 259 g/mol. The number of rotatable bonds is 2. The number of methoxy groups -OCH3 is 1. The van der Waals surface area contributed by atoms with Gasteiger partial charge in [-0.3, -0.25) is 0 Å². The Balaban J connectivity index is 2.10. The molecule has 0 saturated heterocycles. The predicted octanol–water partition coefficient (Wildman–Crippen LogP) is 3.89. The number of aromatic nitrogens is 2. The van der Waals surface area contributed by atoms with Crippen LogP contribution in [0.2, 0.25) is 5.02 Å². The highest BCUT2D eigenvalue weighted by molar-refractivity contribution is 6.30. The van der Waals surface area contributed by atoms with E-state index in [2.05, 4.69) is 9.97 Å². The van der Waals surface area contributed by atoms with Gasteiger partial charge in [0, 0.05) is 16.7 Å². The van der Waals surface area contributed by atoms with E-state index in [9.17, 15) is 0 Å². The Kier molecular flexibility index (Phi) is 2.68. The SMILES string of the molecule is COc1ccc2[nH]c(-c3ccc(Cl)cc3)nc2c1. The van der Waals surface area contributed by atoms with Crippen LogP contribution >= 0.6 is 11.6 Å². The molecule has 3 nitrogen and oxygen atoms in total. The zero-order chi connectivity index (χ0) is 12.5. The smallest absolute Gasteiger partial charge is 0.138 e. The van der Waals surface area contributed by atoms with Gasteiger partial charge in [0.1, 0.15) is 11.6 Å². The summed E-state index contributed by atoms with van der Waals surface area (Å²) in [5.74, 6) is 1.63. The monoisotopic (exact) mass is 258 g/mol. The molecule has 0 bridgehead atoms. The van der Waals surface area contributed by atoms with Gasteiger partial charge in [0.2, 0.25) is 0 Å². The van der Waals surface area contributed by atoms with E-state index in [1.807, 2.05) is 42.5 Å². The molecule has 18 heavy (non-hydrogen) atoms. The molecule has 0 atom stereocenters. The summed E-state index contributed by atoms with van der Waals surface area (Å²) in [5.41, 5.74) is 2.88. The number of hydrogen-bond donors (Lipinski definition) is 1. The van der Waals surface area contributed by atoms with Crippen LogP contribution < -0.4 is 4.74 Å². The summed E-state index contributed by atoms with van der Waals surface area (Å²) in [6, 6.07) is 13.4. The molecule has 0 aliphatic rings. The first-order valence-corrected chi connectivity index (χ1v) is 5.94. The molecule has 0 radical (unpaired) electrons. The van der Waals surface area contributed by atoms with Gasteiger partial charge in [-0.2, -0.15) is 0 Å². The molecule has 1 aromatic heterocycles. The molecule has 0 fully saturated rings. The lowest BCUT2D eigenvalue weighted by Gasteiger charge is -1.96. The summed E-state index contributed by atoms with van der Waals surface area (Å²) < 4.78 is 5.18. The summed E-state index contributed by atoms with van der Waals surface area (Å²) in [7, 11) is 1.65. The lowest BCUT2D eigenvalue weighted by Crippen LogP contribution is -1.81. The number of H-pyrrole nitrogens is 1. The van der Waals surface area contributed by atoms with Gasteiger partial charge in [-0.25, -0.2) is 4.98 Å². The Morgan fingerprint density at radius 1 is 1.11 bits per heavy atom. The first kappa shape index (κ1) is 11.1. The van der Waals surface area contributed by atoms with Gasteiger partial charge in [0.05, 0.1) is 18.1 Å². The molecule has 0 unspecified atom stereocenters. The average Bonchev–Trinajstić information content (AvgIpc) is 2.82. The molecule has 0 aliphatic carbocycles. The number of fused-ring (bicyclic) bond motifs is 1. The minimum atomic E-state index is 0.719. The number of nitrogens with zero attached hydrogens (tertiary/aromatic N) is 1. The second kappa shape index (κ2) is 4.35. The number of halogens is 1. The summed E-state index contributed by atoms with van der Waals surface area (Å²) in [6.45, 7) is 0. The molecule has 0 aliphatic heterocycles. The minimum Gasteiger partial charge on any atom is -0.497 e. The van der Waals surface area contributed by atoms with Crippen molar-refractivity contribution in [3.05, 3.63) is 47.5 Å². The first-order chi connectivity index (χ1) is 8.76. The van der Waals surface area contributed by atoms with Gasteiger partial charge in [-0.15, -0.1) is 0 Å². The maximum Gasteiger partial charge on any atom is 0.138 e. The molecule has 0 amide bonds. The van der Waals surface area contributed by atoms with E-state index < -0.39 is 0 Å². The second-order valence-electron chi connectivity index (χ2n) is 3.98. The van der Waals surface area contributed by atoms with Crippen LogP contribution in [0.5, 0.6) is 5.75 Å². The minimum absolute atomic E-state index is 0.719. The maximum absolute atomic E-state index is 5.87. The molecule has 1 N–H and O–H groups in total. The Morgan fingerprint density at radius 3 is 2.61 bits per heavy atom. The quantitative estimate of drug-likeness (QED) is 0.757. The highest BCUT2D eigenvalue weighted by Gasteiger charge is 2.06. The first-order valence-electron chi connectivity index (χ1n) is 5.56. The van der Waals surface area contributed by atoms with Crippen molar-refractivity contribution < 1.29 is 4.74 Å². The van der Waals surface area contributed by atoms with E-state index in [1.54, 1.807) is 7.11 Å². The molecule has 0 spiro atoms. The summed E-state index contributed by atoms with van der Waals surface area (Å²) in [5, 5.41) is 0.719. The molecule has 4 heteroatoms. The van der Waals surface area contributed by atoms with Gasteiger partial charge in [0.25, 0.3) is 0 Å².